The van der Waals surface area contributed by atoms with Gasteiger partial charge >= 0.3 is 11.9 Å². The Bertz CT molecular complexity index is 927. The highest BCUT2D eigenvalue weighted by Gasteiger charge is 2.18. The summed E-state index contributed by atoms with van der Waals surface area (Å²) in [6, 6.07) is 15.0. The number of esters is 2. The van der Waals surface area contributed by atoms with Crippen LogP contribution in [0.25, 0.3) is 21.5 Å². The summed E-state index contributed by atoms with van der Waals surface area (Å²) in [6.07, 6.45) is 0. The lowest BCUT2D eigenvalue weighted by Crippen LogP contribution is -2.10. The molecule has 0 atom stereocenters. The first-order chi connectivity index (χ1) is 11.7. The zero-order valence-electron chi connectivity index (χ0n) is 13.7. The second-order valence-electron chi connectivity index (χ2n) is 5.35. The van der Waals surface area contributed by atoms with Gasteiger partial charge in [-0.15, -0.1) is 0 Å². The zero-order chi connectivity index (χ0) is 17.1. The van der Waals surface area contributed by atoms with Gasteiger partial charge in [0.05, 0.1) is 24.3 Å². The fourth-order valence-corrected chi connectivity index (χ4v) is 2.85. The molecule has 3 aromatic carbocycles. The third-order valence-corrected chi connectivity index (χ3v) is 3.85. The summed E-state index contributed by atoms with van der Waals surface area (Å²) in [4.78, 5) is 24.6. The number of ether oxygens (including phenoxy) is 2. The van der Waals surface area contributed by atoms with Crippen molar-refractivity contribution in [2.75, 3.05) is 13.2 Å². The molecule has 0 heterocycles. The van der Waals surface area contributed by atoms with Crippen LogP contribution in [0.15, 0.2) is 48.5 Å². The Kier molecular flexibility index (Phi) is 4.47. The van der Waals surface area contributed by atoms with Crippen LogP contribution in [0.3, 0.4) is 0 Å². The minimum atomic E-state index is -0.446. The van der Waals surface area contributed by atoms with Crippen molar-refractivity contribution in [1.82, 2.24) is 0 Å². The first-order valence-corrected chi connectivity index (χ1v) is 7.95. The summed E-state index contributed by atoms with van der Waals surface area (Å²) in [6.45, 7) is 4.06. The molecule has 0 radical (unpaired) electrons. The molecule has 0 saturated carbocycles. The van der Waals surface area contributed by atoms with Crippen LogP contribution in [0, 0.1) is 0 Å². The highest BCUT2D eigenvalue weighted by Crippen LogP contribution is 2.30. The Hall–Kier alpha value is -2.88. The van der Waals surface area contributed by atoms with E-state index in [1.54, 1.807) is 26.0 Å². The zero-order valence-corrected chi connectivity index (χ0v) is 13.7. The maximum atomic E-state index is 12.5. The van der Waals surface area contributed by atoms with Crippen molar-refractivity contribution in [3.63, 3.8) is 0 Å². The summed E-state index contributed by atoms with van der Waals surface area (Å²) < 4.78 is 10.3. The molecule has 0 unspecified atom stereocenters. The fraction of sp³-hybridized carbons (Fsp3) is 0.200. The van der Waals surface area contributed by atoms with E-state index in [9.17, 15) is 9.59 Å². The molecule has 0 N–H and O–H groups in total. The number of hydrogen-bond donors (Lipinski definition) is 0. The van der Waals surface area contributed by atoms with Crippen molar-refractivity contribution < 1.29 is 19.1 Å². The minimum absolute atomic E-state index is 0.273. The number of carbonyl (C=O) groups is 2. The molecule has 122 valence electrons. The van der Waals surface area contributed by atoms with Gasteiger partial charge in [-0.25, -0.2) is 9.59 Å². The van der Waals surface area contributed by atoms with Gasteiger partial charge < -0.3 is 9.47 Å². The molecule has 0 amide bonds. The van der Waals surface area contributed by atoms with E-state index in [1.807, 2.05) is 36.4 Å². The number of hydrogen-bond acceptors (Lipinski definition) is 4. The van der Waals surface area contributed by atoms with E-state index in [-0.39, 0.29) is 13.2 Å². The normalized spacial score (nSPS) is 10.8. The van der Waals surface area contributed by atoms with Gasteiger partial charge in [0.1, 0.15) is 0 Å². The molecular formula is C20H18O4. The van der Waals surface area contributed by atoms with Gasteiger partial charge in [-0.1, -0.05) is 36.4 Å². The van der Waals surface area contributed by atoms with Gasteiger partial charge in [-0.05, 0) is 42.1 Å². The second kappa shape index (κ2) is 6.71. The van der Waals surface area contributed by atoms with Gasteiger partial charge in [0.25, 0.3) is 0 Å². The highest BCUT2D eigenvalue weighted by atomic mass is 16.5. The average Bonchev–Trinajstić information content (AvgIpc) is 2.61. The predicted molar refractivity (Wildman–Crippen MR) is 93.4 cm³/mol. The second-order valence-corrected chi connectivity index (χ2v) is 5.35. The SMILES string of the molecule is CCOC(=O)c1cc(C(=O)OCC)c2c(ccc3ccccc32)c1. The molecule has 0 aliphatic rings. The molecule has 0 aliphatic carbocycles. The van der Waals surface area contributed by atoms with Crippen LogP contribution in [0.2, 0.25) is 0 Å². The van der Waals surface area contributed by atoms with E-state index in [0.29, 0.717) is 11.1 Å². The molecule has 24 heavy (non-hydrogen) atoms. The van der Waals surface area contributed by atoms with E-state index in [1.165, 1.54) is 0 Å². The molecule has 0 spiro atoms. The molecule has 0 aliphatic heterocycles. The average molecular weight is 322 g/mol. The Balaban J connectivity index is 2.33. The summed E-state index contributed by atoms with van der Waals surface area (Å²) >= 11 is 0. The molecule has 4 heteroatoms. The molecule has 0 aromatic heterocycles. The van der Waals surface area contributed by atoms with Gasteiger partial charge in [0.2, 0.25) is 0 Å². The van der Waals surface area contributed by atoms with E-state index in [2.05, 4.69) is 0 Å². The van der Waals surface area contributed by atoms with E-state index < -0.39 is 11.9 Å². The van der Waals surface area contributed by atoms with Gasteiger partial charge in [-0.2, -0.15) is 0 Å². The fourth-order valence-electron chi connectivity index (χ4n) is 2.85. The smallest absolute Gasteiger partial charge is 0.338 e. The molecule has 0 saturated heterocycles. The van der Waals surface area contributed by atoms with E-state index in [4.69, 9.17) is 9.47 Å². The molecule has 3 rings (SSSR count). The van der Waals surface area contributed by atoms with E-state index >= 15 is 0 Å². The third kappa shape index (κ3) is 2.83. The van der Waals surface area contributed by atoms with Crippen molar-refractivity contribution in [2.24, 2.45) is 0 Å². The van der Waals surface area contributed by atoms with Crippen LogP contribution in [0.4, 0.5) is 0 Å². The summed E-state index contributed by atoms with van der Waals surface area (Å²) in [5, 5.41) is 3.58. The molecule has 4 nitrogen and oxygen atoms in total. The largest absolute Gasteiger partial charge is 0.462 e. The van der Waals surface area contributed by atoms with Crippen molar-refractivity contribution in [2.45, 2.75) is 13.8 Å². The quantitative estimate of drug-likeness (QED) is 0.529. The van der Waals surface area contributed by atoms with Crippen LogP contribution < -0.4 is 0 Å². The first-order valence-electron chi connectivity index (χ1n) is 7.95. The van der Waals surface area contributed by atoms with Crippen LogP contribution in [0.5, 0.6) is 0 Å². The Labute approximate surface area is 140 Å². The van der Waals surface area contributed by atoms with Crippen molar-refractivity contribution in [3.8, 4) is 0 Å². The number of rotatable bonds is 4. The van der Waals surface area contributed by atoms with Crippen LogP contribution in [-0.2, 0) is 9.47 Å². The standard InChI is InChI=1S/C20H18O4/c1-3-23-19(21)15-11-14-10-9-13-7-5-6-8-16(13)18(14)17(12-15)20(22)24-4-2/h5-12H,3-4H2,1-2H3. The summed E-state index contributed by atoms with van der Waals surface area (Å²) in [5.74, 6) is -0.886. The van der Waals surface area contributed by atoms with Crippen molar-refractivity contribution in [3.05, 3.63) is 59.7 Å². The molecule has 3 aromatic rings. The third-order valence-electron chi connectivity index (χ3n) is 3.85. The first kappa shape index (κ1) is 16.0. The van der Waals surface area contributed by atoms with Gasteiger partial charge in [0.15, 0.2) is 0 Å². The van der Waals surface area contributed by atoms with E-state index in [0.717, 1.165) is 21.5 Å². The summed E-state index contributed by atoms with van der Waals surface area (Å²) in [7, 11) is 0. The number of carbonyl (C=O) groups excluding carboxylic acids is 2. The molecule has 0 bridgehead atoms. The van der Waals surface area contributed by atoms with Crippen LogP contribution >= 0.6 is 0 Å². The Morgan fingerprint density at radius 2 is 1.50 bits per heavy atom. The maximum Gasteiger partial charge on any atom is 0.338 e. The Morgan fingerprint density at radius 3 is 2.25 bits per heavy atom. The van der Waals surface area contributed by atoms with Crippen molar-refractivity contribution in [1.29, 1.82) is 0 Å². The van der Waals surface area contributed by atoms with Crippen molar-refractivity contribution >= 4 is 33.5 Å². The molecular weight excluding hydrogens is 304 g/mol. The lowest BCUT2D eigenvalue weighted by molar-refractivity contribution is 0.0526. The van der Waals surface area contributed by atoms with Crippen LogP contribution in [-0.4, -0.2) is 25.2 Å². The highest BCUT2D eigenvalue weighted by molar-refractivity contribution is 6.18. The minimum Gasteiger partial charge on any atom is -0.462 e. The van der Waals surface area contributed by atoms with Crippen LogP contribution in [0.1, 0.15) is 34.6 Å². The predicted octanol–water partition coefficient (Wildman–Crippen LogP) is 4.35. The van der Waals surface area contributed by atoms with Gasteiger partial charge in [-0.3, -0.25) is 0 Å². The number of fused-ring (bicyclic) bond motifs is 3. The molecule has 0 fully saturated rings. The number of benzene rings is 3. The Morgan fingerprint density at radius 1 is 0.833 bits per heavy atom. The monoisotopic (exact) mass is 322 g/mol. The topological polar surface area (TPSA) is 52.6 Å². The lowest BCUT2D eigenvalue weighted by Gasteiger charge is -2.12. The maximum absolute atomic E-state index is 12.5. The summed E-state index contributed by atoms with van der Waals surface area (Å²) in [5.41, 5.74) is 0.733. The lowest BCUT2D eigenvalue weighted by atomic mass is 9.95. The van der Waals surface area contributed by atoms with Gasteiger partial charge in [0, 0.05) is 5.39 Å².